The van der Waals surface area contributed by atoms with Crippen molar-refractivity contribution in [2.24, 2.45) is 0 Å². The molecule has 1 fully saturated rings. The maximum atomic E-state index is 10.6. The minimum absolute atomic E-state index is 0.216. The van der Waals surface area contributed by atoms with Crippen LogP contribution in [0.5, 0.6) is 0 Å². The Morgan fingerprint density at radius 3 is 2.75 bits per heavy atom. The van der Waals surface area contributed by atoms with E-state index in [0.29, 0.717) is 18.7 Å². The Bertz CT molecular complexity index is 655. The number of aliphatic hydroxyl groups excluding tert-OH is 1. The number of hydrogen-bond donors (Lipinski definition) is 1. The number of aliphatic hydroxyl groups is 1. The van der Waals surface area contributed by atoms with E-state index in [1.807, 2.05) is 12.1 Å². The lowest BCUT2D eigenvalue weighted by Crippen LogP contribution is -2.35. The third-order valence-electron chi connectivity index (χ3n) is 4.30. The largest absolute Gasteiger partial charge is 0.468 e. The van der Waals surface area contributed by atoms with Gasteiger partial charge in [-0.05, 0) is 42.7 Å². The zero-order chi connectivity index (χ0) is 16.8. The lowest BCUT2D eigenvalue weighted by molar-refractivity contribution is 0.0434. The van der Waals surface area contributed by atoms with Crippen molar-refractivity contribution in [2.75, 3.05) is 19.7 Å². The van der Waals surface area contributed by atoms with E-state index >= 15 is 0 Å². The summed E-state index contributed by atoms with van der Waals surface area (Å²) in [6.45, 7) is 2.72. The highest BCUT2D eigenvalue weighted by molar-refractivity contribution is 5.32. The molecule has 1 aromatic carbocycles. The van der Waals surface area contributed by atoms with Gasteiger partial charge in [0.05, 0.1) is 36.6 Å². The van der Waals surface area contributed by atoms with Crippen molar-refractivity contribution in [3.05, 3.63) is 59.5 Å². The summed E-state index contributed by atoms with van der Waals surface area (Å²) < 4.78 is 11.2. The molecule has 0 spiro atoms. The molecule has 3 rings (SSSR count). The first-order chi connectivity index (χ1) is 11.7. The maximum absolute atomic E-state index is 10.6. The summed E-state index contributed by atoms with van der Waals surface area (Å²) in [6, 6.07) is 13.0. The van der Waals surface area contributed by atoms with Crippen molar-refractivity contribution in [3.63, 3.8) is 0 Å². The van der Waals surface area contributed by atoms with E-state index in [1.54, 1.807) is 30.5 Å². The van der Waals surface area contributed by atoms with Gasteiger partial charge < -0.3 is 14.3 Å². The van der Waals surface area contributed by atoms with Crippen LogP contribution in [0.2, 0.25) is 0 Å². The standard InChI is InChI=1S/C19H22N2O3/c20-11-15-5-7-16(8-6-15)19(22)14-21(12-17-3-1-9-23-17)13-18-4-2-10-24-18/h1,3,5-9,18-19,22H,2,4,10,12-14H2. The Hall–Kier alpha value is -2.13. The fourth-order valence-electron chi connectivity index (χ4n) is 3.03. The molecular formula is C19H22N2O3. The molecule has 0 amide bonds. The molecule has 1 N–H and O–H groups in total. The number of benzene rings is 1. The molecule has 2 heterocycles. The molecule has 0 radical (unpaired) electrons. The van der Waals surface area contributed by atoms with E-state index in [-0.39, 0.29) is 6.10 Å². The molecule has 1 saturated heterocycles. The van der Waals surface area contributed by atoms with Crippen molar-refractivity contribution in [1.29, 1.82) is 5.26 Å². The SMILES string of the molecule is N#Cc1ccc(C(O)CN(Cc2ccco2)CC2CCCO2)cc1. The average molecular weight is 326 g/mol. The minimum atomic E-state index is -0.617. The van der Waals surface area contributed by atoms with Crippen LogP contribution in [0.15, 0.2) is 47.1 Å². The first kappa shape index (κ1) is 16.7. The van der Waals surface area contributed by atoms with E-state index in [4.69, 9.17) is 14.4 Å². The Labute approximate surface area is 142 Å². The van der Waals surface area contributed by atoms with E-state index in [0.717, 1.165) is 37.3 Å². The van der Waals surface area contributed by atoms with Crippen LogP contribution in [0.25, 0.3) is 0 Å². The molecule has 1 aromatic heterocycles. The summed E-state index contributed by atoms with van der Waals surface area (Å²) >= 11 is 0. The molecule has 2 unspecified atom stereocenters. The summed E-state index contributed by atoms with van der Waals surface area (Å²) in [4.78, 5) is 2.16. The second-order valence-corrected chi connectivity index (χ2v) is 6.16. The number of hydrogen-bond acceptors (Lipinski definition) is 5. The third kappa shape index (κ3) is 4.45. The van der Waals surface area contributed by atoms with E-state index in [1.165, 1.54) is 0 Å². The summed E-state index contributed by atoms with van der Waals surface area (Å²) in [5.41, 5.74) is 1.41. The monoisotopic (exact) mass is 326 g/mol. The molecule has 0 bridgehead atoms. The molecule has 5 heteroatoms. The van der Waals surface area contributed by atoms with Crippen molar-refractivity contribution in [1.82, 2.24) is 4.90 Å². The van der Waals surface area contributed by atoms with E-state index < -0.39 is 6.10 Å². The molecule has 5 nitrogen and oxygen atoms in total. The third-order valence-corrected chi connectivity index (χ3v) is 4.30. The van der Waals surface area contributed by atoms with E-state index in [2.05, 4.69) is 11.0 Å². The minimum Gasteiger partial charge on any atom is -0.468 e. The van der Waals surface area contributed by atoms with Crippen molar-refractivity contribution >= 4 is 0 Å². The van der Waals surface area contributed by atoms with Gasteiger partial charge in [-0.25, -0.2) is 0 Å². The molecular weight excluding hydrogens is 304 g/mol. The van der Waals surface area contributed by atoms with Crippen LogP contribution >= 0.6 is 0 Å². The molecule has 1 aliphatic rings. The van der Waals surface area contributed by atoms with Crippen LogP contribution in [-0.4, -0.2) is 35.8 Å². The highest BCUT2D eigenvalue weighted by Crippen LogP contribution is 2.20. The van der Waals surface area contributed by atoms with Crippen LogP contribution in [0.4, 0.5) is 0 Å². The quantitative estimate of drug-likeness (QED) is 0.847. The van der Waals surface area contributed by atoms with Crippen LogP contribution in [0.1, 0.15) is 35.8 Å². The molecule has 2 aromatic rings. The second kappa shape index (κ2) is 8.11. The van der Waals surface area contributed by atoms with Crippen LogP contribution < -0.4 is 0 Å². The fraction of sp³-hybridized carbons (Fsp3) is 0.421. The van der Waals surface area contributed by atoms with Gasteiger partial charge in [0.15, 0.2) is 0 Å². The lowest BCUT2D eigenvalue weighted by atomic mass is 10.1. The number of nitrogens with zero attached hydrogens (tertiary/aromatic N) is 2. The summed E-state index contributed by atoms with van der Waals surface area (Å²) in [5.74, 6) is 0.875. The Morgan fingerprint density at radius 2 is 2.12 bits per heavy atom. The average Bonchev–Trinajstić information content (AvgIpc) is 3.29. The zero-order valence-corrected chi connectivity index (χ0v) is 13.6. The van der Waals surface area contributed by atoms with Crippen LogP contribution in [-0.2, 0) is 11.3 Å². The highest BCUT2D eigenvalue weighted by atomic mass is 16.5. The molecule has 2 atom stereocenters. The molecule has 0 aliphatic carbocycles. The van der Waals surface area contributed by atoms with Crippen molar-refractivity contribution in [2.45, 2.75) is 31.6 Å². The predicted molar refractivity (Wildman–Crippen MR) is 89.1 cm³/mol. The van der Waals surface area contributed by atoms with Gasteiger partial charge >= 0.3 is 0 Å². The first-order valence-electron chi connectivity index (χ1n) is 8.29. The van der Waals surface area contributed by atoms with Gasteiger partial charge in [0, 0.05) is 19.7 Å². The van der Waals surface area contributed by atoms with Crippen molar-refractivity contribution in [3.8, 4) is 6.07 Å². The second-order valence-electron chi connectivity index (χ2n) is 6.16. The van der Waals surface area contributed by atoms with Gasteiger partial charge in [0.2, 0.25) is 0 Å². The summed E-state index contributed by atoms with van der Waals surface area (Å²) in [7, 11) is 0. The predicted octanol–water partition coefficient (Wildman–Crippen LogP) is 2.87. The lowest BCUT2D eigenvalue weighted by Gasteiger charge is -2.26. The van der Waals surface area contributed by atoms with Gasteiger partial charge in [-0.3, -0.25) is 4.90 Å². The maximum Gasteiger partial charge on any atom is 0.117 e. The Morgan fingerprint density at radius 1 is 1.29 bits per heavy atom. The van der Waals surface area contributed by atoms with Crippen molar-refractivity contribution < 1.29 is 14.3 Å². The van der Waals surface area contributed by atoms with Gasteiger partial charge in [-0.2, -0.15) is 5.26 Å². The van der Waals surface area contributed by atoms with Gasteiger partial charge in [0.25, 0.3) is 0 Å². The highest BCUT2D eigenvalue weighted by Gasteiger charge is 2.22. The molecule has 126 valence electrons. The smallest absolute Gasteiger partial charge is 0.117 e. The normalized spacial score (nSPS) is 18.6. The Balaban J connectivity index is 1.65. The fourth-order valence-corrected chi connectivity index (χ4v) is 3.03. The van der Waals surface area contributed by atoms with Gasteiger partial charge in [-0.15, -0.1) is 0 Å². The number of furan rings is 1. The number of nitriles is 1. The zero-order valence-electron chi connectivity index (χ0n) is 13.6. The Kier molecular flexibility index (Phi) is 5.65. The topological polar surface area (TPSA) is 69.6 Å². The number of ether oxygens (including phenoxy) is 1. The molecule has 24 heavy (non-hydrogen) atoms. The van der Waals surface area contributed by atoms with E-state index in [9.17, 15) is 5.11 Å². The summed E-state index contributed by atoms with van der Waals surface area (Å²) in [5, 5.41) is 19.4. The van der Waals surface area contributed by atoms with Crippen LogP contribution in [0, 0.1) is 11.3 Å². The molecule has 1 aliphatic heterocycles. The first-order valence-corrected chi connectivity index (χ1v) is 8.29. The number of rotatable bonds is 7. The summed E-state index contributed by atoms with van der Waals surface area (Å²) in [6.07, 6.45) is 3.41. The molecule has 0 saturated carbocycles. The van der Waals surface area contributed by atoms with Gasteiger partial charge in [-0.1, -0.05) is 12.1 Å². The van der Waals surface area contributed by atoms with Crippen LogP contribution in [0.3, 0.4) is 0 Å². The van der Waals surface area contributed by atoms with Gasteiger partial charge in [0.1, 0.15) is 5.76 Å².